The van der Waals surface area contributed by atoms with Gasteiger partial charge in [-0.05, 0) is 119 Å². The number of rotatable bonds is 4. The molecule has 0 amide bonds. The van der Waals surface area contributed by atoms with Crippen molar-refractivity contribution in [1.82, 2.24) is 0 Å². The Bertz CT molecular complexity index is 3350. The first-order valence-corrected chi connectivity index (χ1v) is 20.0. The van der Waals surface area contributed by atoms with Gasteiger partial charge in [-0.1, -0.05) is 158 Å². The minimum atomic E-state index is -0.490. The van der Waals surface area contributed by atoms with Crippen LogP contribution in [0, 0.1) is 17.1 Å². The van der Waals surface area contributed by atoms with Gasteiger partial charge in [0.1, 0.15) is 5.82 Å². The molecule has 10 aromatic rings. The second-order valence-electron chi connectivity index (χ2n) is 15.6. The predicted octanol–water partition coefficient (Wildman–Crippen LogP) is 14.6. The Balaban J connectivity index is 1.14. The summed E-state index contributed by atoms with van der Waals surface area (Å²) in [5, 5.41) is 16.7. The van der Waals surface area contributed by atoms with Gasteiger partial charge in [-0.15, -0.1) is 0 Å². The van der Waals surface area contributed by atoms with Gasteiger partial charge in [-0.2, -0.15) is 5.26 Å². The van der Waals surface area contributed by atoms with Crippen LogP contribution in [0.4, 0.5) is 21.5 Å². The lowest BCUT2D eigenvalue weighted by atomic mass is 9.70. The highest BCUT2D eigenvalue weighted by Gasteiger charge is 2.52. The first-order chi connectivity index (χ1) is 29.1. The normalized spacial score (nSPS) is 12.9. The fourth-order valence-electron chi connectivity index (χ4n) is 10.4. The molecule has 59 heavy (non-hydrogen) atoms. The van der Waals surface area contributed by atoms with E-state index in [-0.39, 0.29) is 0 Å². The number of nitriles is 1. The standard InChI is InChI=1S/C56H33FN2/c57-53-32-35(34-58)24-30-39(53)36-25-27-37(28-26-36)59(38-29-31-44-42-14-2-1-12-40(42)41-13-3-4-15-43(41)48(44)33-38)54-23-11-22-52-55(54)47-18-7-10-21-51(47)56(52)49-19-8-5-16-45(49)46-17-6-9-20-50(46)56/h1-33H. The van der Waals surface area contributed by atoms with Crippen molar-refractivity contribution in [2.75, 3.05) is 4.90 Å². The van der Waals surface area contributed by atoms with Gasteiger partial charge >= 0.3 is 0 Å². The first-order valence-electron chi connectivity index (χ1n) is 20.0. The van der Waals surface area contributed by atoms with Gasteiger partial charge in [0.2, 0.25) is 0 Å². The van der Waals surface area contributed by atoms with Crippen LogP contribution in [-0.4, -0.2) is 0 Å². The molecule has 274 valence electrons. The van der Waals surface area contributed by atoms with Crippen LogP contribution >= 0.6 is 0 Å². The molecule has 0 N–H and O–H groups in total. The average Bonchev–Trinajstić information content (AvgIpc) is 3.77. The zero-order chi connectivity index (χ0) is 39.2. The molecule has 0 radical (unpaired) electrons. The molecule has 2 aliphatic rings. The van der Waals surface area contributed by atoms with E-state index >= 15 is 4.39 Å². The molecule has 0 fully saturated rings. The van der Waals surface area contributed by atoms with E-state index in [1.54, 1.807) is 12.1 Å². The lowest BCUT2D eigenvalue weighted by Gasteiger charge is -2.32. The van der Waals surface area contributed by atoms with E-state index in [0.717, 1.165) is 22.6 Å². The van der Waals surface area contributed by atoms with Crippen molar-refractivity contribution in [3.05, 3.63) is 234 Å². The van der Waals surface area contributed by atoms with Crippen LogP contribution in [0.2, 0.25) is 0 Å². The highest BCUT2D eigenvalue weighted by atomic mass is 19.1. The van der Waals surface area contributed by atoms with Crippen molar-refractivity contribution < 1.29 is 4.39 Å². The molecule has 0 saturated heterocycles. The van der Waals surface area contributed by atoms with Crippen LogP contribution in [0.1, 0.15) is 27.8 Å². The van der Waals surface area contributed by atoms with Crippen LogP contribution in [0.3, 0.4) is 0 Å². The average molecular weight is 753 g/mol. The summed E-state index contributed by atoms with van der Waals surface area (Å²) in [4.78, 5) is 2.38. The number of anilines is 3. The maximum atomic E-state index is 15.4. The van der Waals surface area contributed by atoms with Crippen LogP contribution in [-0.2, 0) is 5.41 Å². The Kier molecular flexibility index (Phi) is 7.12. The zero-order valence-corrected chi connectivity index (χ0v) is 31.8. The number of benzene rings is 10. The van der Waals surface area contributed by atoms with Crippen LogP contribution in [0.5, 0.6) is 0 Å². The molecule has 0 saturated carbocycles. The minimum Gasteiger partial charge on any atom is -0.310 e. The monoisotopic (exact) mass is 752 g/mol. The largest absolute Gasteiger partial charge is 0.310 e. The van der Waals surface area contributed by atoms with Gasteiger partial charge in [0.05, 0.1) is 22.7 Å². The molecule has 0 aliphatic heterocycles. The van der Waals surface area contributed by atoms with Crippen molar-refractivity contribution >= 4 is 49.4 Å². The van der Waals surface area contributed by atoms with E-state index in [4.69, 9.17) is 0 Å². The Morgan fingerprint density at radius 2 is 0.915 bits per heavy atom. The molecule has 12 rings (SSSR count). The molecule has 0 bridgehead atoms. The Hall–Kier alpha value is -7.80. The topological polar surface area (TPSA) is 27.0 Å². The van der Waals surface area contributed by atoms with Gasteiger partial charge in [-0.25, -0.2) is 4.39 Å². The molecule has 3 heteroatoms. The summed E-state index contributed by atoms with van der Waals surface area (Å²) in [7, 11) is 0. The second kappa shape index (κ2) is 12.6. The molecule has 10 aromatic carbocycles. The second-order valence-corrected chi connectivity index (χ2v) is 15.6. The van der Waals surface area contributed by atoms with Crippen LogP contribution in [0.15, 0.2) is 200 Å². The summed E-state index contributed by atoms with van der Waals surface area (Å²) >= 11 is 0. The minimum absolute atomic E-state index is 0.300. The summed E-state index contributed by atoms with van der Waals surface area (Å²) < 4.78 is 15.4. The molecule has 0 unspecified atom stereocenters. The van der Waals surface area contributed by atoms with E-state index in [1.807, 2.05) is 12.1 Å². The summed E-state index contributed by atoms with van der Waals surface area (Å²) in [6, 6.07) is 72.6. The maximum Gasteiger partial charge on any atom is 0.132 e. The molecule has 2 nitrogen and oxygen atoms in total. The third-order valence-electron chi connectivity index (χ3n) is 12.8. The number of nitrogens with zero attached hydrogens (tertiary/aromatic N) is 2. The summed E-state index contributed by atoms with van der Waals surface area (Å²) in [6.45, 7) is 0. The van der Waals surface area contributed by atoms with Crippen molar-refractivity contribution in [1.29, 1.82) is 5.26 Å². The van der Waals surface area contributed by atoms with E-state index in [0.29, 0.717) is 11.1 Å². The molecular formula is C56H33FN2. The molecule has 1 spiro atoms. The lowest BCUT2D eigenvalue weighted by molar-refractivity contribution is 0.631. The fraction of sp³-hybridized carbons (Fsp3) is 0.0179. The van der Waals surface area contributed by atoms with Gasteiger partial charge in [0, 0.05) is 22.5 Å². The van der Waals surface area contributed by atoms with E-state index in [9.17, 15) is 5.26 Å². The molecule has 2 aliphatic carbocycles. The Labute approximate surface area is 341 Å². The highest BCUT2D eigenvalue weighted by molar-refractivity contribution is 6.26. The number of halogens is 1. The van der Waals surface area contributed by atoms with Gasteiger partial charge < -0.3 is 4.90 Å². The Morgan fingerprint density at radius 3 is 1.53 bits per heavy atom. The highest BCUT2D eigenvalue weighted by Crippen LogP contribution is 2.64. The van der Waals surface area contributed by atoms with Crippen molar-refractivity contribution in [3.8, 4) is 39.4 Å². The van der Waals surface area contributed by atoms with Gasteiger partial charge in [0.15, 0.2) is 0 Å². The van der Waals surface area contributed by atoms with Crippen LogP contribution in [0.25, 0.3) is 65.7 Å². The number of fused-ring (bicyclic) bond motifs is 16. The van der Waals surface area contributed by atoms with Crippen molar-refractivity contribution in [3.63, 3.8) is 0 Å². The van der Waals surface area contributed by atoms with E-state index in [1.165, 1.54) is 82.9 Å². The quantitative estimate of drug-likeness (QED) is 0.167. The third-order valence-corrected chi connectivity index (χ3v) is 12.8. The van der Waals surface area contributed by atoms with E-state index < -0.39 is 11.2 Å². The predicted molar refractivity (Wildman–Crippen MR) is 240 cm³/mol. The molecule has 0 heterocycles. The SMILES string of the molecule is N#Cc1ccc(-c2ccc(N(c3ccc4c5ccccc5c5ccccc5c4c3)c3cccc4c3-c3ccccc3C43c4ccccc4-c4ccccc43)cc2)c(F)c1. The summed E-state index contributed by atoms with van der Waals surface area (Å²) in [5.41, 5.74) is 14.1. The maximum absolute atomic E-state index is 15.4. The number of hydrogen-bond acceptors (Lipinski definition) is 2. The van der Waals surface area contributed by atoms with Gasteiger partial charge in [-0.3, -0.25) is 0 Å². The Morgan fingerprint density at radius 1 is 0.407 bits per heavy atom. The fourth-order valence-corrected chi connectivity index (χ4v) is 10.4. The van der Waals surface area contributed by atoms with Crippen LogP contribution < -0.4 is 4.90 Å². The van der Waals surface area contributed by atoms with Gasteiger partial charge in [0.25, 0.3) is 0 Å². The number of hydrogen-bond donors (Lipinski definition) is 0. The van der Waals surface area contributed by atoms with Crippen molar-refractivity contribution in [2.24, 2.45) is 0 Å². The molecule has 0 atom stereocenters. The summed E-state index contributed by atoms with van der Waals surface area (Å²) in [6.07, 6.45) is 0. The smallest absolute Gasteiger partial charge is 0.132 e. The molecular weight excluding hydrogens is 720 g/mol. The zero-order valence-electron chi connectivity index (χ0n) is 31.8. The third kappa shape index (κ3) is 4.60. The lowest BCUT2D eigenvalue weighted by Crippen LogP contribution is -2.26. The first kappa shape index (κ1) is 33.4. The summed E-state index contributed by atoms with van der Waals surface area (Å²) in [5.74, 6) is -0.415. The molecule has 0 aromatic heterocycles. The van der Waals surface area contributed by atoms with E-state index in [2.05, 4.69) is 181 Å². The van der Waals surface area contributed by atoms with Crippen molar-refractivity contribution in [2.45, 2.75) is 5.41 Å².